The van der Waals surface area contributed by atoms with Crippen LogP contribution in [0.4, 0.5) is 4.79 Å². The van der Waals surface area contributed by atoms with Crippen LogP contribution in [0, 0.1) is 5.92 Å². The zero-order valence-corrected chi connectivity index (χ0v) is 17.5. The summed E-state index contributed by atoms with van der Waals surface area (Å²) in [6.07, 6.45) is 6.48. The summed E-state index contributed by atoms with van der Waals surface area (Å²) in [7, 11) is 0. The van der Waals surface area contributed by atoms with Crippen molar-refractivity contribution in [3.05, 3.63) is 30.1 Å². The molecule has 0 saturated heterocycles. The third-order valence-corrected chi connectivity index (χ3v) is 3.99. The summed E-state index contributed by atoms with van der Waals surface area (Å²) in [6.45, 7) is 11.3. The molecule has 6 nitrogen and oxygen atoms in total. The Morgan fingerprint density at radius 3 is 2.67 bits per heavy atom. The molecule has 0 fully saturated rings. The van der Waals surface area contributed by atoms with E-state index in [4.69, 9.17) is 4.74 Å². The van der Waals surface area contributed by atoms with Crippen LogP contribution in [-0.4, -0.2) is 40.6 Å². The van der Waals surface area contributed by atoms with Crippen molar-refractivity contribution in [1.29, 1.82) is 0 Å². The lowest BCUT2D eigenvalue weighted by Crippen LogP contribution is -2.38. The van der Waals surface area contributed by atoms with Gasteiger partial charge in [-0.2, -0.15) is 0 Å². The van der Waals surface area contributed by atoms with E-state index in [2.05, 4.69) is 24.1 Å². The van der Waals surface area contributed by atoms with Crippen molar-refractivity contribution < 1.29 is 14.3 Å². The van der Waals surface area contributed by atoms with Crippen molar-refractivity contribution in [2.75, 3.05) is 13.1 Å². The lowest BCUT2D eigenvalue weighted by atomic mass is 10.0. The number of rotatable bonds is 10. The topological polar surface area (TPSA) is 71.5 Å². The van der Waals surface area contributed by atoms with E-state index >= 15 is 0 Å². The molecule has 152 valence electrons. The fourth-order valence-corrected chi connectivity index (χ4v) is 2.75. The standard InChI is InChI=1S/C21H35N3O3/c1-6-9-17(2)14-19(25)23-12-8-13-24(20(26)27-21(3,4)5)16-18-10-7-11-22-15-18/h7,10-11,15,17H,6,8-9,12-14,16H2,1-5H3,(H,23,25). The van der Waals surface area contributed by atoms with Crippen LogP contribution in [0.2, 0.25) is 0 Å². The van der Waals surface area contributed by atoms with Gasteiger partial charge in [-0.05, 0) is 44.7 Å². The molecule has 0 radical (unpaired) electrons. The minimum absolute atomic E-state index is 0.0760. The number of pyridine rings is 1. The molecule has 0 aliphatic carbocycles. The summed E-state index contributed by atoms with van der Waals surface area (Å²) in [5.41, 5.74) is 0.397. The minimum atomic E-state index is -0.548. The van der Waals surface area contributed by atoms with E-state index in [1.54, 1.807) is 17.3 Å². The van der Waals surface area contributed by atoms with E-state index < -0.39 is 5.60 Å². The first-order valence-corrected chi connectivity index (χ1v) is 9.84. The summed E-state index contributed by atoms with van der Waals surface area (Å²) in [5.74, 6) is 0.478. The number of carbonyl (C=O) groups excluding carboxylic acids is 2. The van der Waals surface area contributed by atoms with Crippen LogP contribution >= 0.6 is 0 Å². The van der Waals surface area contributed by atoms with Gasteiger partial charge < -0.3 is 15.0 Å². The molecule has 0 aliphatic heterocycles. The number of ether oxygens (including phenoxy) is 1. The fourth-order valence-electron chi connectivity index (χ4n) is 2.75. The number of hydrogen-bond acceptors (Lipinski definition) is 4. The van der Waals surface area contributed by atoms with E-state index in [1.165, 1.54) is 0 Å². The van der Waals surface area contributed by atoms with Crippen molar-refractivity contribution in [3.63, 3.8) is 0 Å². The quantitative estimate of drug-likeness (QED) is 0.622. The molecule has 0 aromatic carbocycles. The van der Waals surface area contributed by atoms with Gasteiger partial charge in [0.25, 0.3) is 0 Å². The van der Waals surface area contributed by atoms with E-state index in [0.717, 1.165) is 18.4 Å². The minimum Gasteiger partial charge on any atom is -0.444 e. The number of hydrogen-bond donors (Lipinski definition) is 1. The summed E-state index contributed by atoms with van der Waals surface area (Å²) < 4.78 is 5.51. The molecule has 1 aromatic rings. The first-order valence-electron chi connectivity index (χ1n) is 9.84. The van der Waals surface area contributed by atoms with Gasteiger partial charge in [0.15, 0.2) is 0 Å². The summed E-state index contributed by atoms with van der Waals surface area (Å²) in [4.78, 5) is 30.2. The third-order valence-electron chi connectivity index (χ3n) is 3.99. The second-order valence-electron chi connectivity index (χ2n) is 8.06. The maximum absolute atomic E-state index is 12.5. The average molecular weight is 378 g/mol. The van der Waals surface area contributed by atoms with Crippen molar-refractivity contribution in [1.82, 2.24) is 15.2 Å². The first-order chi connectivity index (χ1) is 12.7. The van der Waals surface area contributed by atoms with Crippen molar-refractivity contribution >= 4 is 12.0 Å². The second-order valence-corrected chi connectivity index (χ2v) is 8.06. The van der Waals surface area contributed by atoms with Gasteiger partial charge in [0.1, 0.15) is 5.60 Å². The highest BCUT2D eigenvalue weighted by Crippen LogP contribution is 2.13. The molecular formula is C21H35N3O3. The van der Waals surface area contributed by atoms with Gasteiger partial charge in [0, 0.05) is 31.9 Å². The van der Waals surface area contributed by atoms with Crippen LogP contribution in [0.25, 0.3) is 0 Å². The van der Waals surface area contributed by atoms with Crippen LogP contribution in [0.15, 0.2) is 24.5 Å². The first kappa shape index (κ1) is 22.9. The second kappa shape index (κ2) is 11.6. The zero-order valence-electron chi connectivity index (χ0n) is 17.5. The number of nitrogens with one attached hydrogen (secondary N) is 1. The lowest BCUT2D eigenvalue weighted by Gasteiger charge is -2.27. The Kier molecular flexibility index (Phi) is 9.83. The molecule has 27 heavy (non-hydrogen) atoms. The van der Waals surface area contributed by atoms with Gasteiger partial charge in [-0.1, -0.05) is 32.8 Å². The number of carbonyl (C=O) groups is 2. The fraction of sp³-hybridized carbons (Fsp3) is 0.667. The Hall–Kier alpha value is -2.11. The molecule has 2 amide bonds. The SMILES string of the molecule is CCCC(C)CC(=O)NCCCN(Cc1cccnc1)C(=O)OC(C)(C)C. The molecule has 1 unspecified atom stereocenters. The Morgan fingerprint density at radius 2 is 2.07 bits per heavy atom. The van der Waals surface area contributed by atoms with E-state index in [0.29, 0.717) is 38.4 Å². The molecule has 0 saturated carbocycles. The van der Waals surface area contributed by atoms with Gasteiger partial charge in [-0.3, -0.25) is 9.78 Å². The van der Waals surface area contributed by atoms with Crippen LogP contribution in [0.1, 0.15) is 65.9 Å². The molecule has 1 atom stereocenters. The van der Waals surface area contributed by atoms with E-state index in [9.17, 15) is 9.59 Å². The van der Waals surface area contributed by atoms with Crippen LogP contribution in [0.3, 0.4) is 0 Å². The van der Waals surface area contributed by atoms with Crippen molar-refractivity contribution in [2.45, 2.75) is 72.4 Å². The maximum Gasteiger partial charge on any atom is 0.410 e. The molecule has 1 N–H and O–H groups in total. The molecule has 1 heterocycles. The Labute approximate surface area is 163 Å². The van der Waals surface area contributed by atoms with Crippen molar-refractivity contribution in [2.24, 2.45) is 5.92 Å². The average Bonchev–Trinajstić information content (AvgIpc) is 2.57. The highest BCUT2D eigenvalue weighted by atomic mass is 16.6. The van der Waals surface area contributed by atoms with Gasteiger partial charge in [0.2, 0.25) is 5.91 Å². The summed E-state index contributed by atoms with van der Waals surface area (Å²) in [5, 5.41) is 2.95. The molecule has 6 heteroatoms. The van der Waals surface area contributed by atoms with E-state index in [-0.39, 0.29) is 12.0 Å². The molecule has 0 aliphatic rings. The molecule has 1 aromatic heterocycles. The normalized spacial score (nSPS) is 12.3. The molecular weight excluding hydrogens is 342 g/mol. The third kappa shape index (κ3) is 10.6. The number of amides is 2. The Morgan fingerprint density at radius 1 is 1.33 bits per heavy atom. The Bertz CT molecular complexity index is 570. The lowest BCUT2D eigenvalue weighted by molar-refractivity contribution is -0.121. The van der Waals surface area contributed by atoms with Gasteiger partial charge in [-0.15, -0.1) is 0 Å². The largest absolute Gasteiger partial charge is 0.444 e. The monoisotopic (exact) mass is 377 g/mol. The van der Waals surface area contributed by atoms with Gasteiger partial charge >= 0.3 is 6.09 Å². The smallest absolute Gasteiger partial charge is 0.410 e. The molecule has 1 rings (SSSR count). The molecule has 0 bridgehead atoms. The van der Waals surface area contributed by atoms with Crippen LogP contribution in [-0.2, 0) is 16.1 Å². The highest BCUT2D eigenvalue weighted by Gasteiger charge is 2.22. The van der Waals surface area contributed by atoms with Crippen LogP contribution < -0.4 is 5.32 Å². The maximum atomic E-state index is 12.5. The van der Waals surface area contributed by atoms with Crippen molar-refractivity contribution in [3.8, 4) is 0 Å². The van der Waals surface area contributed by atoms with Crippen LogP contribution in [0.5, 0.6) is 0 Å². The molecule has 0 spiro atoms. The van der Waals surface area contributed by atoms with Gasteiger partial charge in [-0.25, -0.2) is 4.79 Å². The predicted molar refractivity (Wildman–Crippen MR) is 107 cm³/mol. The predicted octanol–water partition coefficient (Wildman–Crippen LogP) is 4.15. The highest BCUT2D eigenvalue weighted by molar-refractivity contribution is 5.76. The summed E-state index contributed by atoms with van der Waals surface area (Å²) in [6, 6.07) is 3.78. The van der Waals surface area contributed by atoms with Gasteiger partial charge in [0.05, 0.1) is 6.54 Å². The van der Waals surface area contributed by atoms with E-state index in [1.807, 2.05) is 32.9 Å². The Balaban J connectivity index is 2.51. The number of aromatic nitrogens is 1. The summed E-state index contributed by atoms with van der Waals surface area (Å²) >= 11 is 0. The zero-order chi connectivity index (χ0) is 20.3. The number of nitrogens with zero attached hydrogens (tertiary/aromatic N) is 2.